The minimum absolute atomic E-state index is 0.0734. The Morgan fingerprint density at radius 3 is 2.58 bits per heavy atom. The van der Waals surface area contributed by atoms with Gasteiger partial charge in [-0.3, -0.25) is 14.6 Å². The SMILES string of the molecule is COc1cccc(C)c1N(C)C(=O)c1cc(-c2cnc(C)cc2C#N)c(Cl)cc1OCCCC(=O)O. The Kier molecular flexibility index (Phi) is 8.51. The molecule has 0 bridgehead atoms. The van der Waals surface area contributed by atoms with Crippen LogP contribution in [-0.4, -0.2) is 42.7 Å². The molecule has 1 aromatic heterocycles. The molecule has 0 aliphatic rings. The molecule has 0 spiro atoms. The van der Waals surface area contributed by atoms with Crippen LogP contribution in [0.2, 0.25) is 5.02 Å². The van der Waals surface area contributed by atoms with Crippen LogP contribution in [0.4, 0.5) is 5.69 Å². The zero-order chi connectivity index (χ0) is 26.4. The minimum Gasteiger partial charge on any atom is -0.495 e. The maximum absolute atomic E-state index is 13.8. The number of methoxy groups -OCH3 is 1. The first kappa shape index (κ1) is 26.5. The van der Waals surface area contributed by atoms with E-state index >= 15 is 0 Å². The monoisotopic (exact) mass is 507 g/mol. The molecule has 9 heteroatoms. The molecule has 8 nitrogen and oxygen atoms in total. The van der Waals surface area contributed by atoms with Crippen LogP contribution in [0.1, 0.15) is 40.0 Å². The van der Waals surface area contributed by atoms with Crippen LogP contribution in [0, 0.1) is 25.2 Å². The number of anilines is 1. The molecular formula is C27H26ClN3O5. The maximum atomic E-state index is 13.8. The second-order valence-electron chi connectivity index (χ2n) is 8.15. The standard InChI is InChI=1S/C27H26ClN3O5/c1-16-7-5-8-23(35-4)26(16)31(3)27(34)20-12-19(21-15-30-17(2)11-18(21)14-29)22(28)13-24(20)36-10-6-9-25(32)33/h5,7-8,11-13,15H,6,9-10H2,1-4H3,(H,32,33). The number of carboxylic acids is 1. The summed E-state index contributed by atoms with van der Waals surface area (Å²) in [6.45, 7) is 3.73. The van der Waals surface area contributed by atoms with E-state index < -0.39 is 11.9 Å². The molecule has 0 unspecified atom stereocenters. The smallest absolute Gasteiger partial charge is 0.303 e. The Balaban J connectivity index is 2.13. The van der Waals surface area contributed by atoms with Gasteiger partial charge in [0, 0.05) is 42.6 Å². The zero-order valence-electron chi connectivity index (χ0n) is 20.5. The fourth-order valence-corrected chi connectivity index (χ4v) is 4.08. The molecule has 2 aromatic carbocycles. The lowest BCUT2D eigenvalue weighted by Gasteiger charge is -2.24. The summed E-state index contributed by atoms with van der Waals surface area (Å²) in [6.07, 6.45) is 1.73. The van der Waals surface area contributed by atoms with Gasteiger partial charge in [0.15, 0.2) is 0 Å². The third-order valence-electron chi connectivity index (χ3n) is 5.60. The number of hydrogen-bond acceptors (Lipinski definition) is 6. The van der Waals surface area contributed by atoms with Crippen molar-refractivity contribution in [1.82, 2.24) is 4.98 Å². The number of benzene rings is 2. The Labute approximate surface area is 214 Å². The van der Waals surface area contributed by atoms with E-state index in [1.165, 1.54) is 18.1 Å². The van der Waals surface area contributed by atoms with E-state index in [1.54, 1.807) is 38.4 Å². The second-order valence-corrected chi connectivity index (χ2v) is 8.55. The van der Waals surface area contributed by atoms with Crippen LogP contribution >= 0.6 is 11.6 Å². The van der Waals surface area contributed by atoms with Gasteiger partial charge in [0.2, 0.25) is 0 Å². The first-order valence-corrected chi connectivity index (χ1v) is 11.5. The number of ether oxygens (including phenoxy) is 2. The number of carbonyl (C=O) groups is 2. The molecule has 0 saturated carbocycles. The lowest BCUT2D eigenvalue weighted by Crippen LogP contribution is -2.28. The molecule has 0 saturated heterocycles. The molecule has 0 fully saturated rings. The van der Waals surface area contributed by atoms with Crippen LogP contribution in [-0.2, 0) is 4.79 Å². The van der Waals surface area contributed by atoms with Crippen LogP contribution < -0.4 is 14.4 Å². The number of carbonyl (C=O) groups excluding carboxylic acids is 1. The molecule has 0 atom stereocenters. The Hall–Kier alpha value is -4.09. The number of halogens is 1. The van der Waals surface area contributed by atoms with Gasteiger partial charge >= 0.3 is 5.97 Å². The highest BCUT2D eigenvalue weighted by molar-refractivity contribution is 6.34. The summed E-state index contributed by atoms with van der Waals surface area (Å²) < 4.78 is 11.3. The molecule has 0 aliphatic heterocycles. The van der Waals surface area contributed by atoms with Gasteiger partial charge in [0.1, 0.15) is 11.5 Å². The molecule has 3 rings (SSSR count). The van der Waals surface area contributed by atoms with Gasteiger partial charge in [-0.25, -0.2) is 0 Å². The minimum atomic E-state index is -0.939. The average Bonchev–Trinajstić information content (AvgIpc) is 2.85. The van der Waals surface area contributed by atoms with Crippen molar-refractivity contribution in [3.8, 4) is 28.7 Å². The van der Waals surface area contributed by atoms with E-state index in [4.69, 9.17) is 26.2 Å². The first-order valence-electron chi connectivity index (χ1n) is 11.1. The van der Waals surface area contributed by atoms with Crippen molar-refractivity contribution >= 4 is 29.2 Å². The Morgan fingerprint density at radius 1 is 1.17 bits per heavy atom. The van der Waals surface area contributed by atoms with Crippen molar-refractivity contribution < 1.29 is 24.2 Å². The highest BCUT2D eigenvalue weighted by atomic mass is 35.5. The normalized spacial score (nSPS) is 10.4. The summed E-state index contributed by atoms with van der Waals surface area (Å²) in [5.41, 5.74) is 3.59. The summed E-state index contributed by atoms with van der Waals surface area (Å²) in [7, 11) is 3.16. The number of aromatic nitrogens is 1. The van der Waals surface area contributed by atoms with Gasteiger partial charge in [-0.1, -0.05) is 23.7 Å². The van der Waals surface area contributed by atoms with Gasteiger partial charge in [-0.05, 0) is 44.0 Å². The fourth-order valence-electron chi connectivity index (χ4n) is 3.83. The van der Waals surface area contributed by atoms with E-state index in [2.05, 4.69) is 11.1 Å². The van der Waals surface area contributed by atoms with Gasteiger partial charge < -0.3 is 19.5 Å². The van der Waals surface area contributed by atoms with Crippen molar-refractivity contribution in [2.75, 3.05) is 25.7 Å². The van der Waals surface area contributed by atoms with E-state index in [9.17, 15) is 14.9 Å². The lowest BCUT2D eigenvalue weighted by atomic mass is 9.98. The van der Waals surface area contributed by atoms with Crippen molar-refractivity contribution in [1.29, 1.82) is 5.26 Å². The predicted molar refractivity (Wildman–Crippen MR) is 137 cm³/mol. The van der Waals surface area contributed by atoms with E-state index in [0.717, 1.165) is 5.56 Å². The molecule has 1 N–H and O–H groups in total. The summed E-state index contributed by atoms with van der Waals surface area (Å²) in [5, 5.41) is 18.8. The quantitative estimate of drug-likeness (QED) is 0.385. The third-order valence-corrected chi connectivity index (χ3v) is 5.92. The van der Waals surface area contributed by atoms with E-state index in [-0.39, 0.29) is 35.8 Å². The van der Waals surface area contributed by atoms with Gasteiger partial charge in [0.25, 0.3) is 5.91 Å². The number of pyridine rings is 1. The number of amides is 1. The van der Waals surface area contributed by atoms with Crippen molar-refractivity contribution in [3.63, 3.8) is 0 Å². The lowest BCUT2D eigenvalue weighted by molar-refractivity contribution is -0.137. The van der Waals surface area contributed by atoms with Gasteiger partial charge in [-0.15, -0.1) is 0 Å². The number of aryl methyl sites for hydroxylation is 2. The molecule has 0 aliphatic carbocycles. The van der Waals surface area contributed by atoms with Crippen molar-refractivity contribution in [2.24, 2.45) is 0 Å². The number of para-hydroxylation sites is 1. The van der Waals surface area contributed by atoms with Crippen LogP contribution in [0.3, 0.4) is 0 Å². The molecule has 36 heavy (non-hydrogen) atoms. The summed E-state index contributed by atoms with van der Waals surface area (Å²) in [6, 6.07) is 12.4. The number of hydrogen-bond donors (Lipinski definition) is 1. The molecule has 1 amide bonds. The maximum Gasteiger partial charge on any atom is 0.303 e. The predicted octanol–water partition coefficient (Wildman–Crippen LogP) is 5.42. The topological polar surface area (TPSA) is 113 Å². The van der Waals surface area contributed by atoms with E-state index in [1.807, 2.05) is 19.1 Å². The van der Waals surface area contributed by atoms with Crippen molar-refractivity contribution in [3.05, 3.63) is 70.0 Å². The summed E-state index contributed by atoms with van der Waals surface area (Å²) >= 11 is 6.59. The highest BCUT2D eigenvalue weighted by Gasteiger charge is 2.25. The number of nitriles is 1. The number of nitrogens with zero attached hydrogens (tertiary/aromatic N) is 3. The van der Waals surface area contributed by atoms with Crippen LogP contribution in [0.15, 0.2) is 42.6 Å². The summed E-state index contributed by atoms with van der Waals surface area (Å²) in [4.78, 5) is 30.4. The molecule has 1 heterocycles. The highest BCUT2D eigenvalue weighted by Crippen LogP contribution is 2.38. The largest absolute Gasteiger partial charge is 0.495 e. The number of rotatable bonds is 9. The average molecular weight is 508 g/mol. The van der Waals surface area contributed by atoms with Gasteiger partial charge in [0.05, 0.1) is 41.6 Å². The molecular weight excluding hydrogens is 482 g/mol. The van der Waals surface area contributed by atoms with Crippen LogP contribution in [0.5, 0.6) is 11.5 Å². The van der Waals surface area contributed by atoms with E-state index in [0.29, 0.717) is 33.8 Å². The first-order chi connectivity index (χ1) is 17.2. The second kappa shape index (κ2) is 11.6. The Morgan fingerprint density at radius 2 is 1.92 bits per heavy atom. The number of aliphatic carboxylic acids is 1. The zero-order valence-corrected chi connectivity index (χ0v) is 21.2. The van der Waals surface area contributed by atoms with Crippen LogP contribution in [0.25, 0.3) is 11.1 Å². The number of carboxylic acid groups (broad SMARTS) is 1. The Bertz CT molecular complexity index is 1350. The molecule has 186 valence electrons. The van der Waals surface area contributed by atoms with Crippen molar-refractivity contribution in [2.45, 2.75) is 26.7 Å². The third kappa shape index (κ3) is 5.75. The van der Waals surface area contributed by atoms with Gasteiger partial charge in [-0.2, -0.15) is 5.26 Å². The fraction of sp³-hybridized carbons (Fsp3) is 0.259. The molecule has 0 radical (unpaired) electrons. The molecule has 3 aromatic rings. The summed E-state index contributed by atoms with van der Waals surface area (Å²) in [5.74, 6) is -0.603.